The summed E-state index contributed by atoms with van der Waals surface area (Å²) < 4.78 is 43.1. The first-order valence-corrected chi connectivity index (χ1v) is 9.72. The van der Waals surface area contributed by atoms with Crippen molar-refractivity contribution in [2.45, 2.75) is 18.7 Å². The molecule has 0 bridgehead atoms. The van der Waals surface area contributed by atoms with E-state index in [9.17, 15) is 18.5 Å². The van der Waals surface area contributed by atoms with Crippen molar-refractivity contribution in [2.24, 2.45) is 0 Å². The Morgan fingerprint density at radius 1 is 1.19 bits per heavy atom. The normalized spacial score (nSPS) is 11.6. The van der Waals surface area contributed by atoms with E-state index >= 15 is 0 Å². The van der Waals surface area contributed by atoms with Gasteiger partial charge in [-0.1, -0.05) is 23.4 Å². The lowest BCUT2D eigenvalue weighted by atomic mass is 9.80. The molecule has 9 nitrogen and oxygen atoms in total. The van der Waals surface area contributed by atoms with Crippen molar-refractivity contribution in [3.05, 3.63) is 35.5 Å². The number of aromatic nitrogens is 1. The van der Waals surface area contributed by atoms with Gasteiger partial charge in [0.1, 0.15) is 0 Å². The molecule has 1 heterocycles. The Bertz CT molecular complexity index is 854. The number of anilines is 1. The molecule has 1 aromatic carbocycles. The predicted octanol–water partition coefficient (Wildman–Crippen LogP) is -0.170. The Hall–Kier alpha value is -1.92. The highest BCUT2D eigenvalue weighted by Gasteiger charge is 2.33. The van der Waals surface area contributed by atoms with Crippen molar-refractivity contribution in [1.82, 2.24) is 5.16 Å². The highest BCUT2D eigenvalue weighted by Crippen LogP contribution is 2.28. The summed E-state index contributed by atoms with van der Waals surface area (Å²) in [4.78, 5) is -0.231. The summed E-state index contributed by atoms with van der Waals surface area (Å²) in [6.45, 7) is 4.14. The molecule has 0 aliphatic carbocycles. The summed E-state index contributed by atoms with van der Waals surface area (Å²) in [5.74, 6) is 0.0603. The maximum atomic E-state index is 13.3. The molecule has 0 radical (unpaired) electrons. The molecular formula is C16H23BN2O7S. The molecule has 0 atom stereocenters. The molecule has 27 heavy (non-hydrogen) atoms. The Labute approximate surface area is 158 Å². The lowest BCUT2D eigenvalue weighted by Crippen LogP contribution is -2.41. The van der Waals surface area contributed by atoms with Gasteiger partial charge in [-0.2, -0.15) is 0 Å². The average Bonchev–Trinajstić information content (AvgIpc) is 2.97. The minimum absolute atomic E-state index is 0.0443. The van der Waals surface area contributed by atoms with Crippen LogP contribution in [0.5, 0.6) is 0 Å². The van der Waals surface area contributed by atoms with Crippen molar-refractivity contribution >= 4 is 28.5 Å². The van der Waals surface area contributed by atoms with E-state index in [1.54, 1.807) is 13.8 Å². The number of aryl methyl sites for hydroxylation is 1. The third kappa shape index (κ3) is 4.88. The van der Waals surface area contributed by atoms with Gasteiger partial charge in [0.05, 0.1) is 37.0 Å². The van der Waals surface area contributed by atoms with Crippen LogP contribution >= 0.6 is 0 Å². The molecule has 0 aliphatic rings. The van der Waals surface area contributed by atoms with E-state index in [1.165, 1.54) is 31.4 Å². The fourth-order valence-electron chi connectivity index (χ4n) is 2.41. The van der Waals surface area contributed by atoms with Gasteiger partial charge in [0, 0.05) is 18.1 Å². The quantitative estimate of drug-likeness (QED) is 0.418. The smallest absolute Gasteiger partial charge is 0.423 e. The van der Waals surface area contributed by atoms with Crippen LogP contribution in [0.15, 0.2) is 33.7 Å². The summed E-state index contributed by atoms with van der Waals surface area (Å²) in [7, 11) is -4.56. The number of benzene rings is 1. The molecule has 1 aromatic heterocycles. The molecule has 0 saturated carbocycles. The first-order valence-electron chi connectivity index (χ1n) is 8.28. The Kier molecular flexibility index (Phi) is 7.39. The lowest BCUT2D eigenvalue weighted by Gasteiger charge is -2.23. The van der Waals surface area contributed by atoms with Crippen LogP contribution in [0.4, 0.5) is 5.88 Å². The van der Waals surface area contributed by atoms with Crippen LogP contribution in [-0.2, 0) is 19.5 Å². The molecule has 2 rings (SSSR count). The van der Waals surface area contributed by atoms with E-state index in [-0.39, 0.29) is 29.4 Å². The molecule has 0 fully saturated rings. The number of hydrogen-bond acceptors (Lipinski definition) is 8. The Morgan fingerprint density at radius 3 is 2.48 bits per heavy atom. The molecule has 0 saturated heterocycles. The van der Waals surface area contributed by atoms with Gasteiger partial charge < -0.3 is 24.0 Å². The number of nitrogens with zero attached hydrogens (tertiary/aromatic N) is 2. The van der Waals surface area contributed by atoms with E-state index in [2.05, 4.69) is 5.16 Å². The average molecular weight is 398 g/mol. The predicted molar refractivity (Wildman–Crippen MR) is 99.5 cm³/mol. The number of rotatable bonds is 10. The van der Waals surface area contributed by atoms with E-state index in [1.807, 2.05) is 0 Å². The van der Waals surface area contributed by atoms with Crippen molar-refractivity contribution < 1.29 is 32.5 Å². The van der Waals surface area contributed by atoms with E-state index < -0.39 is 17.1 Å². The largest absolute Gasteiger partial charge is 0.489 e. The SMILES string of the molecule is COCCOCCN(c1onc(C)c1C)S(=O)(=O)c1ccccc1B(O)O. The van der Waals surface area contributed by atoms with Gasteiger partial charge in [-0.15, -0.1) is 0 Å². The maximum Gasteiger partial charge on any atom is 0.489 e. The highest BCUT2D eigenvalue weighted by atomic mass is 32.2. The maximum absolute atomic E-state index is 13.3. The number of ether oxygens (including phenoxy) is 2. The zero-order chi connectivity index (χ0) is 20.0. The summed E-state index contributed by atoms with van der Waals surface area (Å²) in [5, 5.41) is 22.9. The van der Waals surface area contributed by atoms with E-state index in [0.29, 0.717) is 24.5 Å². The molecule has 11 heteroatoms. The lowest BCUT2D eigenvalue weighted by molar-refractivity contribution is 0.0747. The summed E-state index contributed by atoms with van der Waals surface area (Å²) >= 11 is 0. The molecule has 0 spiro atoms. The summed E-state index contributed by atoms with van der Waals surface area (Å²) in [6, 6.07) is 5.67. The van der Waals surface area contributed by atoms with Crippen LogP contribution in [0.3, 0.4) is 0 Å². The van der Waals surface area contributed by atoms with Gasteiger partial charge in [-0.3, -0.25) is 0 Å². The molecular weight excluding hydrogens is 375 g/mol. The summed E-state index contributed by atoms with van der Waals surface area (Å²) in [6.07, 6.45) is 0. The molecule has 2 N–H and O–H groups in total. The monoisotopic (exact) mass is 398 g/mol. The fourth-order valence-corrected chi connectivity index (χ4v) is 4.07. The molecule has 0 aliphatic heterocycles. The van der Waals surface area contributed by atoms with Crippen molar-refractivity contribution in [3.8, 4) is 0 Å². The second-order valence-corrected chi connectivity index (χ2v) is 7.62. The van der Waals surface area contributed by atoms with Crippen molar-refractivity contribution in [1.29, 1.82) is 0 Å². The van der Waals surface area contributed by atoms with Crippen LogP contribution in [0.2, 0.25) is 0 Å². The van der Waals surface area contributed by atoms with Crippen molar-refractivity contribution in [3.63, 3.8) is 0 Å². The minimum atomic E-state index is -4.16. The third-order valence-corrected chi connectivity index (χ3v) is 5.85. The van der Waals surface area contributed by atoms with Crippen LogP contribution in [0, 0.1) is 13.8 Å². The van der Waals surface area contributed by atoms with Crippen LogP contribution < -0.4 is 9.77 Å². The van der Waals surface area contributed by atoms with Gasteiger partial charge in [0.2, 0.25) is 5.88 Å². The second kappa shape index (κ2) is 9.33. The third-order valence-electron chi connectivity index (χ3n) is 3.99. The van der Waals surface area contributed by atoms with Gasteiger partial charge in [-0.25, -0.2) is 12.7 Å². The van der Waals surface area contributed by atoms with Crippen LogP contribution in [0.1, 0.15) is 11.3 Å². The first kappa shape index (κ1) is 21.4. The van der Waals surface area contributed by atoms with Gasteiger partial charge in [0.25, 0.3) is 10.0 Å². The van der Waals surface area contributed by atoms with E-state index in [4.69, 9.17) is 14.0 Å². The van der Waals surface area contributed by atoms with Gasteiger partial charge in [-0.05, 0) is 19.9 Å². The zero-order valence-corrected chi connectivity index (χ0v) is 16.3. The number of methoxy groups -OCH3 is 1. The Balaban J connectivity index is 2.41. The molecule has 0 amide bonds. The topological polar surface area (TPSA) is 122 Å². The standard InChI is InChI=1S/C16H23BN2O7S/c1-12-13(2)18-26-16(12)19(8-9-25-11-10-24-3)27(22,23)15-7-5-4-6-14(15)17(20)21/h4-7,20-21H,8-11H2,1-3H3. The second-order valence-electron chi connectivity index (χ2n) is 5.79. The highest BCUT2D eigenvalue weighted by molar-refractivity contribution is 7.93. The van der Waals surface area contributed by atoms with Gasteiger partial charge in [0.15, 0.2) is 0 Å². The fraction of sp³-hybridized carbons (Fsp3) is 0.438. The number of hydrogen-bond donors (Lipinski definition) is 2. The van der Waals surface area contributed by atoms with E-state index in [0.717, 1.165) is 4.31 Å². The van der Waals surface area contributed by atoms with Gasteiger partial charge >= 0.3 is 7.12 Å². The van der Waals surface area contributed by atoms with Crippen LogP contribution in [-0.4, -0.2) is 64.2 Å². The zero-order valence-electron chi connectivity index (χ0n) is 15.5. The van der Waals surface area contributed by atoms with Crippen LogP contribution in [0.25, 0.3) is 0 Å². The van der Waals surface area contributed by atoms with Crippen molar-refractivity contribution in [2.75, 3.05) is 37.8 Å². The first-order chi connectivity index (χ1) is 12.8. The Morgan fingerprint density at radius 2 is 1.89 bits per heavy atom. The molecule has 0 unspecified atom stereocenters. The summed E-state index contributed by atoms with van der Waals surface area (Å²) in [5.41, 5.74) is 0.996. The molecule has 148 valence electrons. The number of sulfonamides is 1. The molecule has 2 aromatic rings. The minimum Gasteiger partial charge on any atom is -0.423 e.